The van der Waals surface area contributed by atoms with E-state index in [9.17, 15) is 14.9 Å². The summed E-state index contributed by atoms with van der Waals surface area (Å²) in [6.45, 7) is 0.146. The van der Waals surface area contributed by atoms with E-state index in [0.717, 1.165) is 15.5 Å². The Labute approximate surface area is 126 Å². The smallest absolute Gasteiger partial charge is 0.285 e. The monoisotopic (exact) mass is 348 g/mol. The number of halogens is 1. The Kier molecular flexibility index (Phi) is 3.30. The van der Waals surface area contributed by atoms with Crippen molar-refractivity contribution < 1.29 is 4.92 Å². The third-order valence-electron chi connectivity index (χ3n) is 2.99. The Morgan fingerprint density at radius 1 is 1.33 bits per heavy atom. The zero-order valence-corrected chi connectivity index (χ0v) is 12.2. The lowest BCUT2D eigenvalue weighted by Crippen LogP contribution is -2.19. The van der Waals surface area contributed by atoms with Crippen molar-refractivity contribution in [3.05, 3.63) is 67.3 Å². The molecular formula is C13H9BrN4O3. The Balaban J connectivity index is 2.00. The lowest BCUT2D eigenvalue weighted by Gasteiger charge is -2.02. The average Bonchev–Trinajstić information content (AvgIpc) is 2.82. The van der Waals surface area contributed by atoms with Crippen molar-refractivity contribution in [3.63, 3.8) is 0 Å². The minimum Gasteiger partial charge on any atom is -0.340 e. The third-order valence-corrected chi connectivity index (χ3v) is 3.49. The molecule has 2 aromatic heterocycles. The van der Waals surface area contributed by atoms with Crippen LogP contribution in [0.15, 0.2) is 45.8 Å². The molecule has 0 bridgehead atoms. The summed E-state index contributed by atoms with van der Waals surface area (Å²) >= 11 is 3.37. The number of rotatable bonds is 3. The number of pyridine rings is 1. The maximum absolute atomic E-state index is 11.8. The van der Waals surface area contributed by atoms with Crippen molar-refractivity contribution in [3.8, 4) is 0 Å². The summed E-state index contributed by atoms with van der Waals surface area (Å²) in [6.07, 6.45) is 1.21. The molecule has 21 heavy (non-hydrogen) atoms. The number of fused-ring (bicyclic) bond motifs is 1. The van der Waals surface area contributed by atoms with Gasteiger partial charge in [0.15, 0.2) is 0 Å². The normalized spacial score (nSPS) is 10.9. The molecular weight excluding hydrogens is 340 g/mol. The zero-order chi connectivity index (χ0) is 15.0. The minimum absolute atomic E-state index is 0.131. The zero-order valence-electron chi connectivity index (χ0n) is 10.6. The number of nitrogens with one attached hydrogen (secondary N) is 1. The highest BCUT2D eigenvalue weighted by Gasteiger charge is 2.10. The van der Waals surface area contributed by atoms with Gasteiger partial charge in [-0.15, -0.1) is 0 Å². The van der Waals surface area contributed by atoms with E-state index in [0.29, 0.717) is 5.82 Å². The first-order valence-corrected chi connectivity index (χ1v) is 6.81. The number of H-pyrrole nitrogens is 1. The van der Waals surface area contributed by atoms with Crippen LogP contribution in [0, 0.1) is 10.1 Å². The predicted molar refractivity (Wildman–Crippen MR) is 80.3 cm³/mol. The van der Waals surface area contributed by atoms with Gasteiger partial charge in [-0.25, -0.2) is 4.98 Å². The topological polar surface area (TPSA) is 93.8 Å². The molecule has 0 fully saturated rings. The van der Waals surface area contributed by atoms with Crippen LogP contribution in [-0.2, 0) is 6.54 Å². The number of imidazole rings is 1. The van der Waals surface area contributed by atoms with Crippen LogP contribution in [0.25, 0.3) is 11.0 Å². The molecule has 0 saturated carbocycles. The van der Waals surface area contributed by atoms with Crippen LogP contribution in [-0.4, -0.2) is 19.5 Å². The van der Waals surface area contributed by atoms with E-state index < -0.39 is 4.92 Å². The predicted octanol–water partition coefficient (Wildman–Crippen LogP) is 2.44. The van der Waals surface area contributed by atoms with Gasteiger partial charge in [0.1, 0.15) is 5.82 Å². The Hall–Kier alpha value is -2.48. The van der Waals surface area contributed by atoms with E-state index in [1.54, 1.807) is 0 Å². The van der Waals surface area contributed by atoms with Gasteiger partial charge in [0.2, 0.25) is 0 Å². The summed E-state index contributed by atoms with van der Waals surface area (Å²) in [7, 11) is 0. The van der Waals surface area contributed by atoms with Crippen molar-refractivity contribution in [2.24, 2.45) is 0 Å². The summed E-state index contributed by atoms with van der Waals surface area (Å²) in [5, 5.41) is 10.8. The molecule has 8 heteroatoms. The fraction of sp³-hybridized carbons (Fsp3) is 0.0769. The Bertz CT molecular complexity index is 900. The van der Waals surface area contributed by atoms with Gasteiger partial charge in [0.25, 0.3) is 11.2 Å². The van der Waals surface area contributed by atoms with Crippen molar-refractivity contribution in [2.75, 3.05) is 0 Å². The molecule has 1 aromatic carbocycles. The van der Waals surface area contributed by atoms with Gasteiger partial charge in [0.05, 0.1) is 28.7 Å². The average molecular weight is 349 g/mol. The van der Waals surface area contributed by atoms with Crippen LogP contribution in [0.2, 0.25) is 0 Å². The maximum Gasteiger partial charge on any atom is 0.285 e. The molecule has 7 nitrogen and oxygen atoms in total. The number of aromatic amines is 1. The van der Waals surface area contributed by atoms with Crippen LogP contribution < -0.4 is 5.56 Å². The lowest BCUT2D eigenvalue weighted by atomic mass is 10.3. The standard InChI is InChI=1S/C13H9BrN4O3/c14-8-1-3-10-11(5-8)16-12(15-10)7-17-6-9(18(20)21)2-4-13(17)19/h1-6H,7H2,(H,15,16). The van der Waals surface area contributed by atoms with Gasteiger partial charge in [-0.1, -0.05) is 15.9 Å². The van der Waals surface area contributed by atoms with E-state index in [1.807, 2.05) is 18.2 Å². The number of aromatic nitrogens is 3. The van der Waals surface area contributed by atoms with Crippen LogP contribution >= 0.6 is 15.9 Å². The number of hydrogen-bond acceptors (Lipinski definition) is 4. The van der Waals surface area contributed by atoms with Crippen LogP contribution in [0.4, 0.5) is 5.69 Å². The summed E-state index contributed by atoms with van der Waals surface area (Å²) in [5.41, 5.74) is 1.15. The molecule has 0 aliphatic carbocycles. The van der Waals surface area contributed by atoms with Gasteiger partial charge in [0, 0.05) is 16.6 Å². The van der Waals surface area contributed by atoms with Gasteiger partial charge in [-0.05, 0) is 18.2 Å². The molecule has 0 radical (unpaired) electrons. The molecule has 0 unspecified atom stereocenters. The largest absolute Gasteiger partial charge is 0.340 e. The first-order chi connectivity index (χ1) is 10.0. The summed E-state index contributed by atoms with van der Waals surface area (Å²) in [5.74, 6) is 0.561. The van der Waals surface area contributed by atoms with E-state index in [1.165, 1.54) is 22.9 Å². The second kappa shape index (κ2) is 5.13. The summed E-state index contributed by atoms with van der Waals surface area (Å²) in [6, 6.07) is 7.95. The number of nitrogens with zero attached hydrogens (tertiary/aromatic N) is 3. The Morgan fingerprint density at radius 3 is 2.90 bits per heavy atom. The van der Waals surface area contributed by atoms with Crippen LogP contribution in [0.5, 0.6) is 0 Å². The highest BCUT2D eigenvalue weighted by atomic mass is 79.9. The van der Waals surface area contributed by atoms with Gasteiger partial charge < -0.3 is 9.55 Å². The molecule has 3 rings (SSSR count). The molecule has 0 amide bonds. The van der Waals surface area contributed by atoms with Crippen molar-refractivity contribution in [2.45, 2.75) is 6.54 Å². The maximum atomic E-state index is 11.8. The molecule has 106 valence electrons. The quantitative estimate of drug-likeness (QED) is 0.580. The second-order valence-corrected chi connectivity index (χ2v) is 5.37. The first kappa shape index (κ1) is 13.5. The van der Waals surface area contributed by atoms with Crippen molar-refractivity contribution in [1.82, 2.24) is 14.5 Å². The molecule has 0 aliphatic heterocycles. The highest BCUT2D eigenvalue weighted by molar-refractivity contribution is 9.10. The lowest BCUT2D eigenvalue weighted by molar-refractivity contribution is -0.385. The van der Waals surface area contributed by atoms with Crippen LogP contribution in [0.1, 0.15) is 5.82 Å². The fourth-order valence-electron chi connectivity index (χ4n) is 2.02. The van der Waals surface area contributed by atoms with E-state index in [4.69, 9.17) is 0 Å². The first-order valence-electron chi connectivity index (χ1n) is 6.02. The Morgan fingerprint density at radius 2 is 2.14 bits per heavy atom. The minimum atomic E-state index is -0.536. The van der Waals surface area contributed by atoms with E-state index in [2.05, 4.69) is 25.9 Å². The van der Waals surface area contributed by atoms with Crippen molar-refractivity contribution >= 4 is 32.7 Å². The van der Waals surface area contributed by atoms with Crippen LogP contribution in [0.3, 0.4) is 0 Å². The van der Waals surface area contributed by atoms with E-state index >= 15 is 0 Å². The van der Waals surface area contributed by atoms with E-state index in [-0.39, 0.29) is 17.8 Å². The number of nitro groups is 1. The molecule has 0 spiro atoms. The van der Waals surface area contributed by atoms with Gasteiger partial charge in [-0.2, -0.15) is 0 Å². The second-order valence-electron chi connectivity index (χ2n) is 4.46. The SMILES string of the molecule is O=c1ccc([N+](=O)[O-])cn1Cc1nc2ccc(Br)cc2[nH]1. The highest BCUT2D eigenvalue weighted by Crippen LogP contribution is 2.18. The molecule has 0 atom stereocenters. The molecule has 0 aliphatic rings. The third kappa shape index (κ3) is 2.70. The molecule has 1 N–H and O–H groups in total. The van der Waals surface area contributed by atoms with Crippen molar-refractivity contribution in [1.29, 1.82) is 0 Å². The molecule has 2 heterocycles. The summed E-state index contributed by atoms with van der Waals surface area (Å²) in [4.78, 5) is 29.4. The number of hydrogen-bond donors (Lipinski definition) is 1. The molecule has 3 aromatic rings. The fourth-order valence-corrected chi connectivity index (χ4v) is 2.38. The van der Waals surface area contributed by atoms with Gasteiger partial charge in [-0.3, -0.25) is 14.9 Å². The van der Waals surface area contributed by atoms with Gasteiger partial charge >= 0.3 is 0 Å². The summed E-state index contributed by atoms with van der Waals surface area (Å²) < 4.78 is 2.17. The number of benzene rings is 1. The molecule has 0 saturated heterocycles.